The van der Waals surface area contributed by atoms with Crippen LogP contribution in [0.5, 0.6) is 0 Å². The van der Waals surface area contributed by atoms with E-state index in [1.807, 2.05) is 0 Å². The Morgan fingerprint density at radius 2 is 1.73 bits per heavy atom. The van der Waals surface area contributed by atoms with Crippen molar-refractivity contribution in [3.8, 4) is 0 Å². The lowest BCUT2D eigenvalue weighted by molar-refractivity contribution is -0.137. The summed E-state index contributed by atoms with van der Waals surface area (Å²) in [6, 6.07) is 0. The maximum Gasteiger partial charge on any atom is 0.338 e. The molecule has 0 fully saturated rings. The minimum atomic E-state index is -4.80. The average molecular weight is 254 g/mol. The first-order chi connectivity index (χ1) is 6.75. The first-order valence-corrected chi connectivity index (χ1v) is 5.86. The molecule has 0 saturated carbocycles. The molecule has 0 atom stereocenters. The number of carbonyl (C=O) groups excluding carboxylic acids is 2. The van der Waals surface area contributed by atoms with Crippen LogP contribution in [0.15, 0.2) is 10.5 Å². The zero-order valence-corrected chi connectivity index (χ0v) is 11.1. The van der Waals surface area contributed by atoms with Crippen molar-refractivity contribution in [3.63, 3.8) is 0 Å². The van der Waals surface area contributed by atoms with Crippen LogP contribution in [0.3, 0.4) is 0 Å². The van der Waals surface area contributed by atoms with E-state index in [4.69, 9.17) is 4.55 Å². The van der Waals surface area contributed by atoms with Gasteiger partial charge in [0, 0.05) is 0 Å². The summed E-state index contributed by atoms with van der Waals surface area (Å²) in [4.78, 5) is 20.9. The van der Waals surface area contributed by atoms with Crippen molar-refractivity contribution < 1.29 is 31.7 Å². The van der Waals surface area contributed by atoms with E-state index in [2.05, 4.69) is 9.16 Å². The number of hydrogen-bond acceptors (Lipinski definition) is 6. The lowest BCUT2D eigenvalue weighted by Crippen LogP contribution is -2.20. The molecule has 0 rings (SSSR count). The fraction of sp³-hybridized carbons (Fsp3) is 0.333. The van der Waals surface area contributed by atoms with Gasteiger partial charge in [0.1, 0.15) is 0 Å². The van der Waals surface area contributed by atoms with Crippen LogP contribution in [-0.2, 0) is 28.9 Å². The lowest BCUT2D eigenvalue weighted by Gasteiger charge is -2.06. The standard InChI is InChI=1S/C6H10O7SSi/c1-3(5(7)12-2)4(6(8)13-15)14(9,10)11/h1-2,15H3,(H,9,10,11)/b4-3-. The monoisotopic (exact) mass is 254 g/mol. The highest BCUT2D eigenvalue weighted by Gasteiger charge is 2.29. The first kappa shape index (κ1) is 13.8. The van der Waals surface area contributed by atoms with Crippen molar-refractivity contribution in [2.75, 3.05) is 7.11 Å². The fourth-order valence-corrected chi connectivity index (χ4v) is 1.91. The molecular weight excluding hydrogens is 244 g/mol. The van der Waals surface area contributed by atoms with Crippen molar-refractivity contribution in [2.45, 2.75) is 6.92 Å². The summed E-state index contributed by atoms with van der Waals surface area (Å²) in [7, 11) is -3.85. The molecule has 0 aromatic rings. The van der Waals surface area contributed by atoms with Gasteiger partial charge in [-0.05, 0) is 6.92 Å². The highest BCUT2D eigenvalue weighted by molar-refractivity contribution is 7.90. The SMILES string of the molecule is COC(=O)/C(C)=C(/C(=O)O[SiH3])S(=O)(=O)O. The van der Waals surface area contributed by atoms with E-state index >= 15 is 0 Å². The van der Waals surface area contributed by atoms with Crippen LogP contribution in [0.25, 0.3) is 0 Å². The van der Waals surface area contributed by atoms with Gasteiger partial charge in [-0.1, -0.05) is 0 Å². The number of ether oxygens (including phenoxy) is 1. The molecule has 0 heterocycles. The maximum atomic E-state index is 11.0. The third kappa shape index (κ3) is 3.45. The molecule has 9 heteroatoms. The van der Waals surface area contributed by atoms with Crippen LogP contribution in [0.1, 0.15) is 6.92 Å². The Morgan fingerprint density at radius 3 is 2.00 bits per heavy atom. The summed E-state index contributed by atoms with van der Waals surface area (Å²) < 4.78 is 38.8. The molecular formula is C6H10O7SSi. The summed E-state index contributed by atoms with van der Waals surface area (Å²) >= 11 is 0. The maximum absolute atomic E-state index is 11.0. The van der Waals surface area contributed by atoms with Crippen molar-refractivity contribution in [2.24, 2.45) is 0 Å². The van der Waals surface area contributed by atoms with E-state index in [9.17, 15) is 18.0 Å². The van der Waals surface area contributed by atoms with Gasteiger partial charge in [-0.25, -0.2) is 9.59 Å². The van der Waals surface area contributed by atoms with Crippen molar-refractivity contribution in [3.05, 3.63) is 10.5 Å². The van der Waals surface area contributed by atoms with Gasteiger partial charge in [0.15, 0.2) is 4.91 Å². The summed E-state index contributed by atoms with van der Waals surface area (Å²) in [5.74, 6) is -2.30. The van der Waals surface area contributed by atoms with E-state index in [0.29, 0.717) is 0 Å². The van der Waals surface area contributed by atoms with Gasteiger partial charge < -0.3 is 9.16 Å². The molecule has 0 aliphatic rings. The van der Waals surface area contributed by atoms with Gasteiger partial charge in [-0.3, -0.25) is 4.55 Å². The van der Waals surface area contributed by atoms with Gasteiger partial charge in [0.25, 0.3) is 0 Å². The predicted molar refractivity (Wildman–Crippen MR) is 52.3 cm³/mol. The molecule has 0 spiro atoms. The Labute approximate surface area is 89.3 Å². The topological polar surface area (TPSA) is 107 Å². The molecule has 0 aromatic heterocycles. The van der Waals surface area contributed by atoms with E-state index in [1.165, 1.54) is 0 Å². The van der Waals surface area contributed by atoms with Gasteiger partial charge in [0.2, 0.25) is 10.5 Å². The molecule has 1 N–H and O–H groups in total. The summed E-state index contributed by atoms with van der Waals surface area (Å²) in [5.41, 5.74) is -0.527. The van der Waals surface area contributed by atoms with Gasteiger partial charge in [-0.15, -0.1) is 0 Å². The Balaban J connectivity index is 5.69. The summed E-state index contributed by atoms with van der Waals surface area (Å²) in [6.07, 6.45) is 0. The second-order valence-electron chi connectivity index (χ2n) is 2.41. The molecule has 0 aliphatic carbocycles. The third-order valence-corrected chi connectivity index (χ3v) is 2.82. The molecule has 0 unspecified atom stereocenters. The second-order valence-corrected chi connectivity index (χ2v) is 4.18. The largest absolute Gasteiger partial charge is 0.525 e. The average Bonchev–Trinajstić information content (AvgIpc) is 2.14. The molecule has 86 valence electrons. The number of hydrogen-bond donors (Lipinski definition) is 1. The third-order valence-electron chi connectivity index (χ3n) is 1.46. The Bertz CT molecular complexity index is 407. The minimum absolute atomic E-state index is 0.0638. The second kappa shape index (κ2) is 5.05. The summed E-state index contributed by atoms with van der Waals surface area (Å²) in [5, 5.41) is 0. The van der Waals surface area contributed by atoms with Crippen LogP contribution in [-0.4, -0.2) is 42.5 Å². The Kier molecular flexibility index (Phi) is 4.65. The lowest BCUT2D eigenvalue weighted by atomic mass is 10.3. The van der Waals surface area contributed by atoms with E-state index in [0.717, 1.165) is 14.0 Å². The first-order valence-electron chi connectivity index (χ1n) is 3.60. The summed E-state index contributed by atoms with van der Waals surface area (Å²) in [6.45, 7) is 1.04. The van der Waals surface area contributed by atoms with Crippen LogP contribution in [0.4, 0.5) is 0 Å². The Morgan fingerprint density at radius 1 is 1.27 bits per heavy atom. The molecule has 0 saturated heterocycles. The molecule has 0 bridgehead atoms. The van der Waals surface area contributed by atoms with Gasteiger partial charge in [0.05, 0.1) is 12.7 Å². The molecule has 0 radical (unpaired) electrons. The number of methoxy groups -OCH3 is 1. The van der Waals surface area contributed by atoms with Crippen LogP contribution in [0, 0.1) is 0 Å². The molecule has 0 aromatic carbocycles. The minimum Gasteiger partial charge on any atom is -0.525 e. The zero-order valence-electron chi connectivity index (χ0n) is 8.30. The van der Waals surface area contributed by atoms with Crippen molar-refractivity contribution in [1.82, 2.24) is 0 Å². The quantitative estimate of drug-likeness (QED) is 0.272. The van der Waals surface area contributed by atoms with E-state index < -0.39 is 32.5 Å². The van der Waals surface area contributed by atoms with Crippen molar-refractivity contribution in [1.29, 1.82) is 0 Å². The molecule has 7 nitrogen and oxygen atoms in total. The van der Waals surface area contributed by atoms with Crippen molar-refractivity contribution >= 4 is 32.5 Å². The fourth-order valence-electron chi connectivity index (χ4n) is 0.790. The normalized spacial score (nSPS) is 13.0. The highest BCUT2D eigenvalue weighted by atomic mass is 32.2. The molecule has 0 aliphatic heterocycles. The van der Waals surface area contributed by atoms with E-state index in [-0.39, 0.29) is 10.5 Å². The number of rotatable bonds is 3. The van der Waals surface area contributed by atoms with Crippen LogP contribution < -0.4 is 0 Å². The number of esters is 1. The smallest absolute Gasteiger partial charge is 0.338 e. The van der Waals surface area contributed by atoms with Crippen LogP contribution >= 0.6 is 0 Å². The van der Waals surface area contributed by atoms with Crippen LogP contribution in [0.2, 0.25) is 0 Å². The highest BCUT2D eigenvalue weighted by Crippen LogP contribution is 2.13. The number of carbonyl (C=O) groups is 2. The van der Waals surface area contributed by atoms with Gasteiger partial charge in [-0.2, -0.15) is 8.42 Å². The molecule has 0 amide bonds. The zero-order chi connectivity index (χ0) is 12.2. The van der Waals surface area contributed by atoms with Gasteiger partial charge >= 0.3 is 22.1 Å². The predicted octanol–water partition coefficient (Wildman–Crippen LogP) is -1.86. The van der Waals surface area contributed by atoms with E-state index in [1.54, 1.807) is 0 Å². The molecule has 15 heavy (non-hydrogen) atoms. The Hall–Kier alpha value is -1.19.